The number of hydrogen-bond acceptors (Lipinski definition) is 4. The maximum Gasteiger partial charge on any atom is 0.258 e. The van der Waals surface area contributed by atoms with E-state index in [-0.39, 0.29) is 11.6 Å². The zero-order chi connectivity index (χ0) is 15.5. The predicted molar refractivity (Wildman–Crippen MR) is 80.8 cm³/mol. The second-order valence-electron chi connectivity index (χ2n) is 4.24. The van der Waals surface area contributed by atoms with Crippen LogP contribution in [-0.4, -0.2) is 25.1 Å². The van der Waals surface area contributed by atoms with E-state index in [1.165, 1.54) is 30.5 Å². The van der Waals surface area contributed by atoms with E-state index in [1.54, 1.807) is 12.1 Å². The van der Waals surface area contributed by atoms with E-state index in [0.29, 0.717) is 15.6 Å². The molecular formula is C13H12Cl2N2O3S. The van der Waals surface area contributed by atoms with E-state index < -0.39 is 16.1 Å². The Hall–Kier alpha value is -1.18. The molecule has 1 aromatic heterocycles. The fourth-order valence-electron chi connectivity index (χ4n) is 1.65. The number of aliphatic hydroxyl groups is 1. The number of aromatic nitrogens is 1. The lowest BCUT2D eigenvalue weighted by Gasteiger charge is -2.13. The Labute approximate surface area is 132 Å². The average molecular weight is 347 g/mol. The summed E-state index contributed by atoms with van der Waals surface area (Å²) in [5.41, 5.74) is 0.427. The fraction of sp³-hybridized carbons (Fsp3) is 0.154. The van der Waals surface area contributed by atoms with Crippen molar-refractivity contribution in [3.8, 4) is 0 Å². The van der Waals surface area contributed by atoms with E-state index in [1.807, 2.05) is 0 Å². The lowest BCUT2D eigenvalue weighted by atomic mass is 10.1. The fourth-order valence-corrected chi connectivity index (χ4v) is 3.18. The van der Waals surface area contributed by atoms with Crippen LogP contribution in [0.5, 0.6) is 0 Å². The number of aliphatic hydroxyl groups excluding tert-OH is 1. The van der Waals surface area contributed by atoms with Crippen LogP contribution < -0.4 is 4.72 Å². The van der Waals surface area contributed by atoms with Crippen molar-refractivity contribution in [2.45, 2.75) is 11.1 Å². The van der Waals surface area contributed by atoms with Gasteiger partial charge in [0.05, 0.1) is 6.10 Å². The molecule has 2 N–H and O–H groups in total. The molecule has 0 radical (unpaired) electrons. The van der Waals surface area contributed by atoms with Gasteiger partial charge in [-0.3, -0.25) is 0 Å². The van der Waals surface area contributed by atoms with Crippen molar-refractivity contribution >= 4 is 33.2 Å². The highest BCUT2D eigenvalue weighted by molar-refractivity contribution is 7.89. The van der Waals surface area contributed by atoms with Gasteiger partial charge < -0.3 is 5.11 Å². The summed E-state index contributed by atoms with van der Waals surface area (Å²) in [5, 5.41) is 10.6. The standard InChI is InChI=1S/C13H12Cl2N2O3S/c14-10-5-9(6-11(15)7-10)12(18)8-17-21(19,20)13-3-1-2-4-16-13/h1-7,12,17-18H,8H2. The molecule has 1 atom stereocenters. The smallest absolute Gasteiger partial charge is 0.258 e. The summed E-state index contributed by atoms with van der Waals surface area (Å²) in [4.78, 5) is 3.76. The number of rotatable bonds is 5. The Kier molecular flexibility index (Phi) is 5.18. The molecule has 1 heterocycles. The van der Waals surface area contributed by atoms with Crippen LogP contribution in [0.25, 0.3) is 0 Å². The van der Waals surface area contributed by atoms with Crippen molar-refractivity contribution in [3.63, 3.8) is 0 Å². The van der Waals surface area contributed by atoms with Gasteiger partial charge in [0.25, 0.3) is 10.0 Å². The molecule has 1 unspecified atom stereocenters. The minimum absolute atomic E-state index is 0.110. The molecule has 8 heteroatoms. The number of hydrogen-bond donors (Lipinski definition) is 2. The third kappa shape index (κ3) is 4.39. The van der Waals surface area contributed by atoms with Crippen molar-refractivity contribution in [1.82, 2.24) is 9.71 Å². The number of nitrogens with one attached hydrogen (secondary N) is 1. The molecule has 2 aromatic rings. The van der Waals surface area contributed by atoms with Crippen LogP contribution in [0.1, 0.15) is 11.7 Å². The lowest BCUT2D eigenvalue weighted by Crippen LogP contribution is -2.29. The third-order valence-electron chi connectivity index (χ3n) is 2.65. The summed E-state index contributed by atoms with van der Waals surface area (Å²) in [6.07, 6.45) is 0.307. The first kappa shape index (κ1) is 16.2. The van der Waals surface area contributed by atoms with Crippen molar-refractivity contribution in [2.75, 3.05) is 6.54 Å². The van der Waals surface area contributed by atoms with E-state index >= 15 is 0 Å². The minimum atomic E-state index is -3.77. The lowest BCUT2D eigenvalue weighted by molar-refractivity contribution is 0.182. The average Bonchev–Trinajstić information content (AvgIpc) is 2.45. The summed E-state index contributed by atoms with van der Waals surface area (Å²) in [7, 11) is -3.77. The van der Waals surface area contributed by atoms with Crippen LogP contribution in [-0.2, 0) is 10.0 Å². The molecule has 0 saturated carbocycles. The molecule has 2 rings (SSSR count). The third-order valence-corrected chi connectivity index (χ3v) is 4.42. The molecule has 0 amide bonds. The van der Waals surface area contributed by atoms with Gasteiger partial charge in [0, 0.05) is 22.8 Å². The maximum absolute atomic E-state index is 12.0. The highest BCUT2D eigenvalue weighted by Gasteiger charge is 2.18. The highest BCUT2D eigenvalue weighted by atomic mass is 35.5. The monoisotopic (exact) mass is 346 g/mol. The Morgan fingerprint density at radius 2 is 1.86 bits per heavy atom. The maximum atomic E-state index is 12.0. The van der Waals surface area contributed by atoms with Gasteiger partial charge in [-0.05, 0) is 35.9 Å². The second kappa shape index (κ2) is 6.72. The summed E-state index contributed by atoms with van der Waals surface area (Å²) < 4.78 is 26.2. The molecule has 0 fully saturated rings. The van der Waals surface area contributed by atoms with Crippen LogP contribution in [0, 0.1) is 0 Å². The van der Waals surface area contributed by atoms with Gasteiger partial charge in [-0.15, -0.1) is 0 Å². The molecule has 0 saturated heterocycles. The molecule has 21 heavy (non-hydrogen) atoms. The number of nitrogens with zero attached hydrogens (tertiary/aromatic N) is 1. The van der Waals surface area contributed by atoms with Gasteiger partial charge in [-0.25, -0.2) is 18.1 Å². The van der Waals surface area contributed by atoms with Crippen LogP contribution >= 0.6 is 23.2 Å². The normalized spacial score (nSPS) is 13.1. The molecule has 0 aliphatic rings. The highest BCUT2D eigenvalue weighted by Crippen LogP contribution is 2.23. The van der Waals surface area contributed by atoms with Gasteiger partial charge >= 0.3 is 0 Å². The van der Waals surface area contributed by atoms with Crippen LogP contribution in [0.2, 0.25) is 10.0 Å². The molecule has 1 aromatic carbocycles. The zero-order valence-corrected chi connectivity index (χ0v) is 13.0. The topological polar surface area (TPSA) is 79.3 Å². The molecule has 0 aliphatic carbocycles. The van der Waals surface area contributed by atoms with Crippen molar-refractivity contribution in [1.29, 1.82) is 0 Å². The predicted octanol–water partition coefficient (Wildman–Crippen LogP) is 2.40. The Balaban J connectivity index is 2.09. The summed E-state index contributed by atoms with van der Waals surface area (Å²) >= 11 is 11.7. The number of pyridine rings is 1. The van der Waals surface area contributed by atoms with Gasteiger partial charge in [-0.1, -0.05) is 29.3 Å². The van der Waals surface area contributed by atoms with Gasteiger partial charge in [0.15, 0.2) is 5.03 Å². The van der Waals surface area contributed by atoms with E-state index in [9.17, 15) is 13.5 Å². The SMILES string of the molecule is O=S(=O)(NCC(O)c1cc(Cl)cc(Cl)c1)c1ccccn1. The first-order valence-electron chi connectivity index (χ1n) is 5.93. The summed E-state index contributed by atoms with van der Waals surface area (Å²) in [6.45, 7) is -0.213. The van der Waals surface area contributed by atoms with E-state index in [0.717, 1.165) is 0 Å². The molecule has 0 aliphatic heterocycles. The molecular weight excluding hydrogens is 335 g/mol. The van der Waals surface area contributed by atoms with Crippen LogP contribution in [0.4, 0.5) is 0 Å². The summed E-state index contributed by atoms with van der Waals surface area (Å²) in [6, 6.07) is 9.11. The van der Waals surface area contributed by atoms with Crippen molar-refractivity contribution in [2.24, 2.45) is 0 Å². The van der Waals surface area contributed by atoms with Gasteiger partial charge in [-0.2, -0.15) is 0 Å². The Morgan fingerprint density at radius 3 is 2.43 bits per heavy atom. The minimum Gasteiger partial charge on any atom is -0.387 e. The van der Waals surface area contributed by atoms with E-state index in [2.05, 4.69) is 9.71 Å². The largest absolute Gasteiger partial charge is 0.387 e. The van der Waals surface area contributed by atoms with E-state index in [4.69, 9.17) is 23.2 Å². The van der Waals surface area contributed by atoms with Crippen molar-refractivity contribution in [3.05, 3.63) is 58.2 Å². The molecule has 5 nitrogen and oxygen atoms in total. The van der Waals surface area contributed by atoms with Gasteiger partial charge in [0.1, 0.15) is 0 Å². The number of halogens is 2. The molecule has 0 spiro atoms. The zero-order valence-electron chi connectivity index (χ0n) is 10.7. The Morgan fingerprint density at radius 1 is 1.19 bits per heavy atom. The molecule has 112 valence electrons. The second-order valence-corrected chi connectivity index (χ2v) is 6.83. The number of sulfonamides is 1. The first-order valence-corrected chi connectivity index (χ1v) is 8.17. The van der Waals surface area contributed by atoms with Gasteiger partial charge in [0.2, 0.25) is 0 Å². The quantitative estimate of drug-likeness (QED) is 0.871. The van der Waals surface area contributed by atoms with Crippen LogP contribution in [0.3, 0.4) is 0 Å². The van der Waals surface area contributed by atoms with Crippen LogP contribution in [0.15, 0.2) is 47.6 Å². The first-order chi connectivity index (χ1) is 9.88. The Bertz CT molecular complexity index is 703. The molecule has 0 bridgehead atoms. The summed E-state index contributed by atoms with van der Waals surface area (Å²) in [5.74, 6) is 0. The van der Waals surface area contributed by atoms with Crippen molar-refractivity contribution < 1.29 is 13.5 Å². The number of benzene rings is 1.